The lowest BCUT2D eigenvalue weighted by molar-refractivity contribution is 0.269. The van der Waals surface area contributed by atoms with Gasteiger partial charge in [-0.05, 0) is 24.3 Å². The summed E-state index contributed by atoms with van der Waals surface area (Å²) in [4.78, 5) is 9.02. The third-order valence-electron chi connectivity index (χ3n) is 1.49. The zero-order valence-electron chi connectivity index (χ0n) is 7.51. The largest absolute Gasteiger partial charge is 0.481 e. The Morgan fingerprint density at radius 1 is 1.43 bits per heavy atom. The van der Waals surface area contributed by atoms with Crippen molar-refractivity contribution in [3.05, 3.63) is 29.3 Å². The predicted molar refractivity (Wildman–Crippen MR) is 53.8 cm³/mol. The number of ether oxygens (including phenoxy) is 1. The molecule has 0 amide bonds. The molecule has 1 rings (SSSR count). The van der Waals surface area contributed by atoms with Gasteiger partial charge >= 0.3 is 7.60 Å². The first-order valence-electron chi connectivity index (χ1n) is 3.79. The Morgan fingerprint density at radius 2 is 2.00 bits per heavy atom. The second kappa shape index (κ2) is 4.80. The van der Waals surface area contributed by atoms with E-state index in [0.29, 0.717) is 10.8 Å². The van der Waals surface area contributed by atoms with E-state index in [2.05, 4.69) is 4.52 Å². The molecule has 0 saturated carbocycles. The van der Waals surface area contributed by atoms with Gasteiger partial charge in [0.1, 0.15) is 5.75 Å². The molecule has 0 fully saturated rings. The van der Waals surface area contributed by atoms with Gasteiger partial charge in [0, 0.05) is 12.1 Å². The smallest absolute Gasteiger partial charge is 0.364 e. The second-order valence-corrected chi connectivity index (χ2v) is 4.88. The van der Waals surface area contributed by atoms with Gasteiger partial charge in [-0.1, -0.05) is 11.6 Å². The van der Waals surface area contributed by atoms with Gasteiger partial charge in [-0.3, -0.25) is 4.57 Å². The van der Waals surface area contributed by atoms with Crippen molar-refractivity contribution in [3.8, 4) is 5.75 Å². The molecule has 0 bridgehead atoms. The van der Waals surface area contributed by atoms with Crippen molar-refractivity contribution in [2.45, 2.75) is 0 Å². The van der Waals surface area contributed by atoms with E-state index < -0.39 is 7.60 Å². The van der Waals surface area contributed by atoms with Crippen molar-refractivity contribution in [1.29, 1.82) is 0 Å². The molecule has 0 aliphatic carbocycles. The molecule has 1 N–H and O–H groups in total. The van der Waals surface area contributed by atoms with Crippen LogP contribution in [0.4, 0.5) is 0 Å². The van der Waals surface area contributed by atoms with Gasteiger partial charge in [0.05, 0.1) is 0 Å². The molecule has 0 aliphatic rings. The van der Waals surface area contributed by atoms with Crippen LogP contribution in [0.25, 0.3) is 0 Å². The van der Waals surface area contributed by atoms with Crippen LogP contribution in [0.15, 0.2) is 24.3 Å². The maximum Gasteiger partial charge on any atom is 0.364 e. The Kier molecular flexibility index (Phi) is 3.96. The van der Waals surface area contributed by atoms with Crippen LogP contribution in [0.3, 0.4) is 0 Å². The Bertz CT molecular complexity index is 338. The first-order valence-corrected chi connectivity index (χ1v) is 5.93. The standard InChI is InChI=1S/C8H10ClO4P/c1-12-14(10,11)6-13-8-4-2-7(9)3-5-8/h2-5H,6H2,1H3,(H,10,11). The predicted octanol–water partition coefficient (Wildman–Crippen LogP) is 2.51. The summed E-state index contributed by atoms with van der Waals surface area (Å²) < 4.78 is 20.4. The van der Waals surface area contributed by atoms with E-state index in [0.717, 1.165) is 7.11 Å². The number of benzene rings is 1. The topological polar surface area (TPSA) is 55.8 Å². The van der Waals surface area contributed by atoms with Gasteiger partial charge in [-0.15, -0.1) is 0 Å². The van der Waals surface area contributed by atoms with Crippen LogP contribution in [-0.2, 0) is 9.09 Å². The van der Waals surface area contributed by atoms with E-state index in [1.54, 1.807) is 24.3 Å². The van der Waals surface area contributed by atoms with Crippen molar-refractivity contribution in [2.75, 3.05) is 13.5 Å². The van der Waals surface area contributed by atoms with Crippen molar-refractivity contribution >= 4 is 19.2 Å². The SMILES string of the molecule is COP(=O)(O)COc1ccc(Cl)cc1. The van der Waals surface area contributed by atoms with Gasteiger partial charge in [-0.25, -0.2) is 0 Å². The third kappa shape index (κ3) is 3.68. The average molecular weight is 237 g/mol. The fourth-order valence-electron chi connectivity index (χ4n) is 0.740. The molecule has 78 valence electrons. The number of rotatable bonds is 4. The molecule has 14 heavy (non-hydrogen) atoms. The number of hydrogen-bond acceptors (Lipinski definition) is 3. The lowest BCUT2D eigenvalue weighted by Crippen LogP contribution is -1.99. The average Bonchev–Trinajstić information content (AvgIpc) is 2.17. The van der Waals surface area contributed by atoms with Crippen molar-refractivity contribution < 1.29 is 18.7 Å². The maximum atomic E-state index is 11.0. The van der Waals surface area contributed by atoms with E-state index in [-0.39, 0.29) is 6.35 Å². The lowest BCUT2D eigenvalue weighted by atomic mass is 10.3. The summed E-state index contributed by atoms with van der Waals surface area (Å²) in [5, 5.41) is 0.580. The summed E-state index contributed by atoms with van der Waals surface area (Å²) in [7, 11) is -2.45. The highest BCUT2D eigenvalue weighted by Crippen LogP contribution is 2.40. The zero-order chi connectivity index (χ0) is 10.6. The summed E-state index contributed by atoms with van der Waals surface area (Å²) in [5.41, 5.74) is 0. The second-order valence-electron chi connectivity index (χ2n) is 2.55. The van der Waals surface area contributed by atoms with Crippen LogP contribution in [0.1, 0.15) is 0 Å². The molecular formula is C8H10ClO4P. The van der Waals surface area contributed by atoms with Crippen molar-refractivity contribution in [2.24, 2.45) is 0 Å². The lowest BCUT2D eigenvalue weighted by Gasteiger charge is -2.10. The van der Waals surface area contributed by atoms with E-state index in [9.17, 15) is 4.57 Å². The zero-order valence-corrected chi connectivity index (χ0v) is 9.16. The normalized spacial score (nSPS) is 14.8. The van der Waals surface area contributed by atoms with Crippen LogP contribution in [0, 0.1) is 0 Å². The summed E-state index contributed by atoms with van der Waals surface area (Å²) in [6.45, 7) is 0. The van der Waals surface area contributed by atoms with E-state index in [4.69, 9.17) is 21.2 Å². The molecule has 0 saturated heterocycles. The van der Waals surface area contributed by atoms with Crippen LogP contribution >= 0.6 is 19.2 Å². The maximum absolute atomic E-state index is 11.0. The number of halogens is 1. The van der Waals surface area contributed by atoms with E-state index in [1.165, 1.54) is 0 Å². The quantitative estimate of drug-likeness (QED) is 0.816. The summed E-state index contributed by atoms with van der Waals surface area (Å²) in [6.07, 6.45) is -0.370. The van der Waals surface area contributed by atoms with Gasteiger partial charge < -0.3 is 14.2 Å². The summed E-state index contributed by atoms with van der Waals surface area (Å²) in [5.74, 6) is 0.473. The highest BCUT2D eigenvalue weighted by atomic mass is 35.5. The molecule has 1 aromatic carbocycles. The molecule has 0 aliphatic heterocycles. The highest BCUT2D eigenvalue weighted by molar-refractivity contribution is 7.52. The molecule has 0 heterocycles. The van der Waals surface area contributed by atoms with Crippen LogP contribution in [-0.4, -0.2) is 18.4 Å². The minimum absolute atomic E-state index is 0.370. The molecular weight excluding hydrogens is 227 g/mol. The van der Waals surface area contributed by atoms with Gasteiger partial charge in [0.15, 0.2) is 6.35 Å². The fourth-order valence-corrected chi connectivity index (χ4v) is 1.28. The van der Waals surface area contributed by atoms with Gasteiger partial charge in [0.2, 0.25) is 0 Å². The van der Waals surface area contributed by atoms with E-state index >= 15 is 0 Å². The molecule has 4 nitrogen and oxygen atoms in total. The molecule has 0 spiro atoms. The monoisotopic (exact) mass is 236 g/mol. The van der Waals surface area contributed by atoms with Crippen LogP contribution < -0.4 is 4.74 Å². The molecule has 1 atom stereocenters. The van der Waals surface area contributed by atoms with E-state index in [1.807, 2.05) is 0 Å². The van der Waals surface area contributed by atoms with Gasteiger partial charge in [-0.2, -0.15) is 0 Å². The minimum Gasteiger partial charge on any atom is -0.481 e. The Hall–Kier alpha value is -0.540. The Labute approximate surface area is 86.9 Å². The summed E-state index contributed by atoms with van der Waals surface area (Å²) >= 11 is 5.64. The first-order chi connectivity index (χ1) is 6.53. The Balaban J connectivity index is 2.54. The van der Waals surface area contributed by atoms with Gasteiger partial charge in [0.25, 0.3) is 0 Å². The Morgan fingerprint density at radius 3 is 2.50 bits per heavy atom. The number of hydrogen-bond donors (Lipinski definition) is 1. The van der Waals surface area contributed by atoms with Crippen molar-refractivity contribution in [1.82, 2.24) is 0 Å². The summed E-state index contributed by atoms with van der Waals surface area (Å²) in [6, 6.07) is 6.48. The highest BCUT2D eigenvalue weighted by Gasteiger charge is 2.17. The first kappa shape index (κ1) is 11.5. The fraction of sp³-hybridized carbons (Fsp3) is 0.250. The minimum atomic E-state index is -3.61. The molecule has 1 unspecified atom stereocenters. The molecule has 1 aromatic rings. The van der Waals surface area contributed by atoms with Crippen LogP contribution in [0.2, 0.25) is 5.02 Å². The third-order valence-corrected chi connectivity index (χ3v) is 2.77. The molecule has 0 aromatic heterocycles. The molecule has 0 radical (unpaired) electrons. The molecule has 6 heteroatoms. The van der Waals surface area contributed by atoms with Crippen LogP contribution in [0.5, 0.6) is 5.75 Å². The van der Waals surface area contributed by atoms with Crippen molar-refractivity contribution in [3.63, 3.8) is 0 Å².